The summed E-state index contributed by atoms with van der Waals surface area (Å²) >= 11 is 0. The predicted molar refractivity (Wildman–Crippen MR) is 67.9 cm³/mol. The third-order valence-electron chi connectivity index (χ3n) is 3.63. The first kappa shape index (κ1) is 13.8. The Labute approximate surface area is 104 Å². The molecule has 0 spiro atoms. The van der Waals surface area contributed by atoms with Gasteiger partial charge in [-0.3, -0.25) is 4.79 Å². The summed E-state index contributed by atoms with van der Waals surface area (Å²) in [6.45, 7) is 4.91. The fourth-order valence-electron chi connectivity index (χ4n) is 2.74. The number of amides is 1. The highest BCUT2D eigenvalue weighted by molar-refractivity contribution is 5.85. The number of hydrogen-bond donors (Lipinski definition) is 1. The van der Waals surface area contributed by atoms with Crippen LogP contribution in [0.4, 0.5) is 0 Å². The third kappa shape index (κ3) is 3.36. The van der Waals surface area contributed by atoms with Crippen molar-refractivity contribution in [1.82, 2.24) is 10.2 Å². The van der Waals surface area contributed by atoms with E-state index in [0.717, 1.165) is 32.5 Å². The van der Waals surface area contributed by atoms with Crippen LogP contribution in [0.3, 0.4) is 0 Å². The van der Waals surface area contributed by atoms with Crippen LogP contribution < -0.4 is 5.32 Å². The molecule has 4 heteroatoms. The summed E-state index contributed by atoms with van der Waals surface area (Å²) < 4.78 is 0. The number of halogens is 1. The molecule has 0 aromatic heterocycles. The maximum atomic E-state index is 12.2. The molecule has 0 aromatic rings. The lowest BCUT2D eigenvalue weighted by molar-refractivity contribution is -0.137. The summed E-state index contributed by atoms with van der Waals surface area (Å²) in [5, 5.41) is 3.38. The molecule has 0 bridgehead atoms. The maximum absolute atomic E-state index is 12.2. The summed E-state index contributed by atoms with van der Waals surface area (Å²) in [5.41, 5.74) is 0. The quantitative estimate of drug-likeness (QED) is 0.766. The van der Waals surface area contributed by atoms with Crippen molar-refractivity contribution in [2.24, 2.45) is 5.92 Å². The van der Waals surface area contributed by atoms with Crippen LogP contribution in [-0.2, 0) is 4.79 Å². The molecular weight excluding hydrogens is 224 g/mol. The first-order valence-electron chi connectivity index (χ1n) is 6.29. The molecule has 3 nitrogen and oxygen atoms in total. The van der Waals surface area contributed by atoms with Crippen molar-refractivity contribution < 1.29 is 4.79 Å². The van der Waals surface area contributed by atoms with E-state index in [-0.39, 0.29) is 12.4 Å². The monoisotopic (exact) mass is 246 g/mol. The molecule has 94 valence electrons. The number of nitrogens with one attached hydrogen (secondary N) is 1. The second kappa shape index (κ2) is 6.45. The second-order valence-corrected chi connectivity index (χ2v) is 4.97. The predicted octanol–water partition coefficient (Wildman–Crippen LogP) is 1.81. The van der Waals surface area contributed by atoms with E-state index in [1.807, 2.05) is 0 Å². The lowest BCUT2D eigenvalue weighted by Crippen LogP contribution is -2.52. The van der Waals surface area contributed by atoms with Crippen molar-refractivity contribution in [2.75, 3.05) is 19.6 Å². The molecular formula is C12H23ClN2O. The fourth-order valence-corrected chi connectivity index (χ4v) is 2.74. The van der Waals surface area contributed by atoms with Gasteiger partial charge in [0.05, 0.1) is 0 Å². The molecule has 1 heterocycles. The highest BCUT2D eigenvalue weighted by atomic mass is 35.5. The van der Waals surface area contributed by atoms with E-state index >= 15 is 0 Å². The molecule has 1 aliphatic heterocycles. The molecule has 0 radical (unpaired) electrons. The molecule has 1 amide bonds. The van der Waals surface area contributed by atoms with Crippen molar-refractivity contribution >= 4 is 18.3 Å². The van der Waals surface area contributed by atoms with Gasteiger partial charge in [-0.1, -0.05) is 19.3 Å². The Morgan fingerprint density at radius 1 is 1.25 bits per heavy atom. The van der Waals surface area contributed by atoms with Crippen LogP contribution in [0.2, 0.25) is 0 Å². The molecule has 0 aromatic carbocycles. The summed E-state index contributed by atoms with van der Waals surface area (Å²) in [6.07, 6.45) is 6.06. The van der Waals surface area contributed by atoms with Gasteiger partial charge in [0.25, 0.3) is 0 Å². The molecule has 1 aliphatic carbocycles. The SMILES string of the molecule is C[C@@H]1CN(C(=O)C2CCCCC2)CCN1.Cl. The van der Waals surface area contributed by atoms with Gasteiger partial charge in [0, 0.05) is 31.6 Å². The zero-order valence-electron chi connectivity index (χ0n) is 10.1. The third-order valence-corrected chi connectivity index (χ3v) is 3.63. The van der Waals surface area contributed by atoms with Crippen LogP contribution in [0.25, 0.3) is 0 Å². The van der Waals surface area contributed by atoms with Crippen LogP contribution in [0, 0.1) is 5.92 Å². The number of piperazine rings is 1. The first-order chi connectivity index (χ1) is 7.27. The van der Waals surface area contributed by atoms with Gasteiger partial charge < -0.3 is 10.2 Å². The van der Waals surface area contributed by atoms with E-state index in [1.54, 1.807) is 0 Å². The van der Waals surface area contributed by atoms with Crippen molar-refractivity contribution in [3.05, 3.63) is 0 Å². The van der Waals surface area contributed by atoms with Gasteiger partial charge in [0.15, 0.2) is 0 Å². The Kier molecular flexibility index (Phi) is 5.56. The van der Waals surface area contributed by atoms with Gasteiger partial charge in [-0.15, -0.1) is 12.4 Å². The molecule has 1 saturated carbocycles. The zero-order valence-corrected chi connectivity index (χ0v) is 10.9. The van der Waals surface area contributed by atoms with E-state index in [2.05, 4.69) is 17.1 Å². The molecule has 1 saturated heterocycles. The maximum Gasteiger partial charge on any atom is 0.225 e. The van der Waals surface area contributed by atoms with Gasteiger partial charge in [0.1, 0.15) is 0 Å². The van der Waals surface area contributed by atoms with Crippen LogP contribution in [0.5, 0.6) is 0 Å². The Bertz CT molecular complexity index is 229. The minimum absolute atomic E-state index is 0. The van der Waals surface area contributed by atoms with Gasteiger partial charge in [-0.05, 0) is 19.8 Å². The summed E-state index contributed by atoms with van der Waals surface area (Å²) in [5.74, 6) is 0.757. The van der Waals surface area contributed by atoms with E-state index in [1.165, 1.54) is 19.3 Å². The highest BCUT2D eigenvalue weighted by Crippen LogP contribution is 2.25. The number of hydrogen-bond acceptors (Lipinski definition) is 2. The Morgan fingerprint density at radius 3 is 2.56 bits per heavy atom. The summed E-state index contributed by atoms with van der Waals surface area (Å²) in [7, 11) is 0. The van der Waals surface area contributed by atoms with Crippen molar-refractivity contribution in [1.29, 1.82) is 0 Å². The van der Waals surface area contributed by atoms with Gasteiger partial charge in [-0.25, -0.2) is 0 Å². The van der Waals surface area contributed by atoms with Gasteiger partial charge in [-0.2, -0.15) is 0 Å². The minimum Gasteiger partial charge on any atom is -0.340 e. The largest absolute Gasteiger partial charge is 0.340 e. The number of carbonyl (C=O) groups is 1. The average Bonchev–Trinajstić information content (AvgIpc) is 2.29. The average molecular weight is 247 g/mol. The van der Waals surface area contributed by atoms with Crippen molar-refractivity contribution in [2.45, 2.75) is 45.1 Å². The smallest absolute Gasteiger partial charge is 0.225 e. The van der Waals surface area contributed by atoms with E-state index in [9.17, 15) is 4.79 Å². The number of rotatable bonds is 1. The minimum atomic E-state index is 0. The Balaban J connectivity index is 0.00000128. The molecule has 1 atom stereocenters. The van der Waals surface area contributed by atoms with E-state index in [4.69, 9.17) is 0 Å². The number of nitrogens with zero attached hydrogens (tertiary/aromatic N) is 1. The van der Waals surface area contributed by atoms with E-state index in [0.29, 0.717) is 17.9 Å². The van der Waals surface area contributed by atoms with Crippen LogP contribution >= 0.6 is 12.4 Å². The molecule has 2 fully saturated rings. The molecule has 1 N–H and O–H groups in total. The topological polar surface area (TPSA) is 32.3 Å². The Morgan fingerprint density at radius 2 is 1.94 bits per heavy atom. The first-order valence-corrected chi connectivity index (χ1v) is 6.29. The summed E-state index contributed by atoms with van der Waals surface area (Å²) in [6, 6.07) is 0.464. The van der Waals surface area contributed by atoms with Gasteiger partial charge in [0.2, 0.25) is 5.91 Å². The molecule has 0 unspecified atom stereocenters. The van der Waals surface area contributed by atoms with Crippen molar-refractivity contribution in [3.8, 4) is 0 Å². The molecule has 16 heavy (non-hydrogen) atoms. The molecule has 2 aliphatic rings. The highest BCUT2D eigenvalue weighted by Gasteiger charge is 2.28. The van der Waals surface area contributed by atoms with Crippen molar-refractivity contribution in [3.63, 3.8) is 0 Å². The van der Waals surface area contributed by atoms with Crippen LogP contribution in [0.1, 0.15) is 39.0 Å². The van der Waals surface area contributed by atoms with Crippen LogP contribution in [0.15, 0.2) is 0 Å². The Hall–Kier alpha value is -0.280. The van der Waals surface area contributed by atoms with E-state index < -0.39 is 0 Å². The second-order valence-electron chi connectivity index (χ2n) is 4.97. The number of carbonyl (C=O) groups excluding carboxylic acids is 1. The standard InChI is InChI=1S/C12H22N2O.ClH/c1-10-9-14(8-7-13-10)12(15)11-5-3-2-4-6-11;/h10-11,13H,2-9H2,1H3;1H/t10-;/m1./s1. The zero-order chi connectivity index (χ0) is 10.7. The lowest BCUT2D eigenvalue weighted by atomic mass is 9.88. The fraction of sp³-hybridized carbons (Fsp3) is 0.917. The van der Waals surface area contributed by atoms with Crippen LogP contribution in [-0.4, -0.2) is 36.5 Å². The summed E-state index contributed by atoms with van der Waals surface area (Å²) in [4.78, 5) is 14.3. The normalized spacial score (nSPS) is 27.3. The lowest BCUT2D eigenvalue weighted by Gasteiger charge is -2.35. The molecule has 2 rings (SSSR count). The van der Waals surface area contributed by atoms with Gasteiger partial charge >= 0.3 is 0 Å².